The molecule has 5 nitrogen and oxygen atoms in total. The number of nitrogens with zero attached hydrogens (tertiary/aromatic N) is 1. The second-order valence-corrected chi connectivity index (χ2v) is 5.31. The molecule has 1 heterocycles. The Balaban J connectivity index is 2.08. The molecule has 2 rings (SSSR count). The maximum Gasteiger partial charge on any atom is 0.412 e. The largest absolute Gasteiger partial charge is 0.450 e. The summed E-state index contributed by atoms with van der Waals surface area (Å²) in [5, 5.41) is 2.67. The number of carbonyl (C=O) groups excluding carboxylic acids is 1. The summed E-state index contributed by atoms with van der Waals surface area (Å²) >= 11 is 5.38. The zero-order valence-corrected chi connectivity index (χ0v) is 12.8. The van der Waals surface area contributed by atoms with Crippen molar-refractivity contribution in [1.29, 1.82) is 0 Å². The van der Waals surface area contributed by atoms with E-state index in [4.69, 9.17) is 21.7 Å². The van der Waals surface area contributed by atoms with Crippen molar-refractivity contribution >= 4 is 23.3 Å². The summed E-state index contributed by atoms with van der Waals surface area (Å²) in [5.41, 5.74) is 2.38. The summed E-state index contributed by atoms with van der Waals surface area (Å²) in [6.45, 7) is 5.46. The van der Waals surface area contributed by atoms with Crippen molar-refractivity contribution in [3.05, 3.63) is 11.3 Å². The number of ether oxygens (including phenoxy) is 2. The van der Waals surface area contributed by atoms with Crippen LogP contribution in [0.1, 0.15) is 32.6 Å². The number of hydrogen-bond donors (Lipinski definition) is 1. The van der Waals surface area contributed by atoms with Crippen LogP contribution in [0.15, 0.2) is 11.3 Å². The number of amides is 1. The number of thiocarbonyl (C=S) groups is 1. The van der Waals surface area contributed by atoms with Crippen LogP contribution in [0.2, 0.25) is 0 Å². The van der Waals surface area contributed by atoms with Crippen LogP contribution in [0.25, 0.3) is 0 Å². The van der Waals surface area contributed by atoms with Crippen molar-refractivity contribution in [2.24, 2.45) is 0 Å². The first-order valence-corrected chi connectivity index (χ1v) is 7.66. The molecule has 0 aromatic heterocycles. The van der Waals surface area contributed by atoms with Gasteiger partial charge in [0.15, 0.2) is 0 Å². The minimum atomic E-state index is -0.461. The lowest BCUT2D eigenvalue weighted by Crippen LogP contribution is -2.39. The molecule has 1 N–H and O–H groups in total. The van der Waals surface area contributed by atoms with Crippen molar-refractivity contribution < 1.29 is 14.3 Å². The number of rotatable bonds is 3. The Labute approximate surface area is 125 Å². The molecule has 0 unspecified atom stereocenters. The van der Waals surface area contributed by atoms with Crippen LogP contribution < -0.4 is 5.32 Å². The average molecular weight is 298 g/mol. The van der Waals surface area contributed by atoms with Gasteiger partial charge in [0, 0.05) is 24.4 Å². The molecule has 6 heteroatoms. The maximum absolute atomic E-state index is 11.5. The highest BCUT2D eigenvalue weighted by atomic mass is 32.1. The van der Waals surface area contributed by atoms with E-state index in [9.17, 15) is 4.79 Å². The van der Waals surface area contributed by atoms with Crippen molar-refractivity contribution in [3.63, 3.8) is 0 Å². The molecule has 0 atom stereocenters. The Kier molecular flexibility index (Phi) is 5.79. The van der Waals surface area contributed by atoms with E-state index in [1.807, 2.05) is 0 Å². The normalized spacial score (nSPS) is 19.8. The van der Waals surface area contributed by atoms with Crippen LogP contribution in [0.3, 0.4) is 0 Å². The first-order chi connectivity index (χ1) is 9.72. The lowest BCUT2D eigenvalue weighted by Gasteiger charge is -2.35. The van der Waals surface area contributed by atoms with Crippen LogP contribution in [0, 0.1) is 0 Å². The summed E-state index contributed by atoms with van der Waals surface area (Å²) in [5.74, 6) is 0. The molecule has 0 bridgehead atoms. The molecule has 0 aromatic carbocycles. The third-order valence-electron chi connectivity index (χ3n) is 3.60. The molecule has 1 fully saturated rings. The van der Waals surface area contributed by atoms with Crippen LogP contribution in [0.5, 0.6) is 0 Å². The van der Waals surface area contributed by atoms with E-state index in [1.165, 1.54) is 12.1 Å². The minimum Gasteiger partial charge on any atom is -0.450 e. The van der Waals surface area contributed by atoms with Gasteiger partial charge in [-0.05, 0) is 32.6 Å². The molecule has 0 spiro atoms. The standard InChI is InChI=1S/C14H22N2O3S/c1-2-19-14(17)15-13(20)11-5-3-4-6-12(11)16-7-9-18-10-8-16/h2-10H2,1H3,(H,15,17,20). The lowest BCUT2D eigenvalue weighted by atomic mass is 9.95. The third kappa shape index (κ3) is 3.93. The summed E-state index contributed by atoms with van der Waals surface area (Å²) in [7, 11) is 0. The quantitative estimate of drug-likeness (QED) is 0.810. The predicted molar refractivity (Wildman–Crippen MR) is 80.6 cm³/mol. The molecule has 0 radical (unpaired) electrons. The highest BCUT2D eigenvalue weighted by Crippen LogP contribution is 2.28. The fraction of sp³-hybridized carbons (Fsp3) is 0.714. The van der Waals surface area contributed by atoms with Gasteiger partial charge in [-0.15, -0.1) is 0 Å². The summed E-state index contributed by atoms with van der Waals surface area (Å²) in [6, 6.07) is 0. The van der Waals surface area contributed by atoms with E-state index in [2.05, 4.69) is 10.2 Å². The molecular weight excluding hydrogens is 276 g/mol. The number of alkyl carbamates (subject to hydrolysis) is 1. The third-order valence-corrected chi connectivity index (χ3v) is 3.95. The zero-order valence-electron chi connectivity index (χ0n) is 11.9. The van der Waals surface area contributed by atoms with Crippen LogP contribution in [-0.4, -0.2) is 48.9 Å². The monoisotopic (exact) mass is 298 g/mol. The Bertz CT molecular complexity index is 403. The molecule has 1 saturated heterocycles. The van der Waals surface area contributed by atoms with E-state index in [1.54, 1.807) is 6.92 Å². The first kappa shape index (κ1) is 15.3. The topological polar surface area (TPSA) is 50.8 Å². The van der Waals surface area contributed by atoms with Crippen molar-refractivity contribution in [3.8, 4) is 0 Å². The summed E-state index contributed by atoms with van der Waals surface area (Å²) < 4.78 is 10.3. The van der Waals surface area contributed by atoms with Crippen molar-refractivity contribution in [2.75, 3.05) is 32.9 Å². The van der Waals surface area contributed by atoms with Gasteiger partial charge in [0.1, 0.15) is 4.99 Å². The Morgan fingerprint density at radius 1 is 1.35 bits per heavy atom. The summed E-state index contributed by atoms with van der Waals surface area (Å²) in [6.07, 6.45) is 3.79. The number of nitrogens with one attached hydrogen (secondary N) is 1. The van der Waals surface area contributed by atoms with E-state index >= 15 is 0 Å². The van der Waals surface area contributed by atoms with Crippen LogP contribution >= 0.6 is 12.2 Å². The van der Waals surface area contributed by atoms with Gasteiger partial charge in [0.25, 0.3) is 0 Å². The average Bonchev–Trinajstić information content (AvgIpc) is 2.48. The van der Waals surface area contributed by atoms with E-state index < -0.39 is 6.09 Å². The van der Waals surface area contributed by atoms with Gasteiger partial charge in [-0.25, -0.2) is 4.79 Å². The fourth-order valence-corrected chi connectivity index (χ4v) is 2.95. The number of hydrogen-bond acceptors (Lipinski definition) is 5. The van der Waals surface area contributed by atoms with Gasteiger partial charge < -0.3 is 14.4 Å². The molecular formula is C14H22N2O3S. The smallest absolute Gasteiger partial charge is 0.412 e. The molecule has 1 aliphatic carbocycles. The van der Waals surface area contributed by atoms with Gasteiger partial charge in [-0.3, -0.25) is 5.32 Å². The first-order valence-electron chi connectivity index (χ1n) is 7.25. The molecule has 1 aliphatic heterocycles. The summed E-state index contributed by atoms with van der Waals surface area (Å²) in [4.78, 5) is 14.4. The van der Waals surface area contributed by atoms with Gasteiger partial charge in [-0.1, -0.05) is 12.2 Å². The highest BCUT2D eigenvalue weighted by molar-refractivity contribution is 7.80. The number of morpholine rings is 1. The van der Waals surface area contributed by atoms with Crippen LogP contribution in [-0.2, 0) is 9.47 Å². The highest BCUT2D eigenvalue weighted by Gasteiger charge is 2.23. The molecule has 112 valence electrons. The maximum atomic E-state index is 11.5. The van der Waals surface area contributed by atoms with Crippen molar-refractivity contribution in [2.45, 2.75) is 32.6 Å². The minimum absolute atomic E-state index is 0.351. The Morgan fingerprint density at radius 2 is 2.05 bits per heavy atom. The predicted octanol–water partition coefficient (Wildman–Crippen LogP) is 2.22. The van der Waals surface area contributed by atoms with Crippen molar-refractivity contribution in [1.82, 2.24) is 10.2 Å². The van der Waals surface area contributed by atoms with E-state index in [-0.39, 0.29) is 0 Å². The molecule has 0 saturated carbocycles. The number of carbonyl (C=O) groups is 1. The van der Waals surface area contributed by atoms with Gasteiger partial charge in [0.05, 0.1) is 19.8 Å². The second-order valence-electron chi connectivity index (χ2n) is 4.91. The molecule has 0 aromatic rings. The van der Waals surface area contributed by atoms with Crippen LogP contribution in [0.4, 0.5) is 4.79 Å². The SMILES string of the molecule is CCOC(=O)NC(=S)C1=C(N2CCOCC2)CCCC1. The van der Waals surface area contributed by atoms with E-state index in [0.717, 1.165) is 51.1 Å². The Hall–Kier alpha value is -1.14. The molecule has 20 heavy (non-hydrogen) atoms. The van der Waals surface area contributed by atoms with E-state index in [0.29, 0.717) is 11.6 Å². The number of allylic oxidation sites excluding steroid dienone is 1. The van der Waals surface area contributed by atoms with Gasteiger partial charge in [0.2, 0.25) is 0 Å². The Morgan fingerprint density at radius 3 is 2.75 bits per heavy atom. The zero-order chi connectivity index (χ0) is 14.4. The molecule has 2 aliphatic rings. The molecule has 1 amide bonds. The van der Waals surface area contributed by atoms with Gasteiger partial charge in [-0.2, -0.15) is 0 Å². The van der Waals surface area contributed by atoms with Gasteiger partial charge >= 0.3 is 6.09 Å². The fourth-order valence-electron chi connectivity index (χ4n) is 2.65. The lowest BCUT2D eigenvalue weighted by molar-refractivity contribution is 0.0509. The second kappa shape index (κ2) is 7.59.